The number of benzene rings is 1. The molecule has 0 unspecified atom stereocenters. The molecule has 1 saturated carbocycles. The predicted octanol–water partition coefficient (Wildman–Crippen LogP) is 2.29. The fourth-order valence-corrected chi connectivity index (χ4v) is 1.97. The van der Waals surface area contributed by atoms with Gasteiger partial charge in [-0.3, -0.25) is 10.1 Å². The maximum Gasteiger partial charge on any atom is 0.295 e. The van der Waals surface area contributed by atoms with Crippen molar-refractivity contribution in [2.45, 2.75) is 24.9 Å². The number of nitro groups is 1. The van der Waals surface area contributed by atoms with Crippen molar-refractivity contribution in [2.75, 3.05) is 5.32 Å². The van der Waals surface area contributed by atoms with E-state index in [1.54, 1.807) is 0 Å². The molecule has 7 heteroatoms. The molecule has 0 bridgehead atoms. The van der Waals surface area contributed by atoms with Gasteiger partial charge in [0, 0.05) is 12.1 Å². The first-order valence-electron chi connectivity index (χ1n) is 5.13. The normalized spacial score (nSPS) is 23.0. The Labute approximate surface area is 102 Å². The van der Waals surface area contributed by atoms with Gasteiger partial charge in [0.2, 0.25) is 0 Å². The molecule has 0 atom stereocenters. The van der Waals surface area contributed by atoms with Crippen LogP contribution in [0.2, 0.25) is 5.02 Å². The van der Waals surface area contributed by atoms with Crippen LogP contribution in [-0.2, 0) is 0 Å². The minimum atomic E-state index is -0.797. The molecule has 0 amide bonds. The molecule has 1 fully saturated rings. The highest BCUT2D eigenvalue weighted by molar-refractivity contribution is 6.31. The molecule has 17 heavy (non-hydrogen) atoms. The van der Waals surface area contributed by atoms with Crippen LogP contribution >= 0.6 is 11.6 Å². The highest BCUT2D eigenvalue weighted by Crippen LogP contribution is 2.33. The zero-order chi connectivity index (χ0) is 12.6. The van der Waals surface area contributed by atoms with Crippen LogP contribution in [-0.4, -0.2) is 17.0 Å². The van der Waals surface area contributed by atoms with Crippen molar-refractivity contribution in [3.63, 3.8) is 0 Å². The van der Waals surface area contributed by atoms with Gasteiger partial charge in [-0.2, -0.15) is 0 Å². The van der Waals surface area contributed by atoms with E-state index in [0.29, 0.717) is 0 Å². The third kappa shape index (κ3) is 2.48. The lowest BCUT2D eigenvalue weighted by atomic mass is 9.87. The topological polar surface area (TPSA) is 81.2 Å². The van der Waals surface area contributed by atoms with Crippen LogP contribution in [0.15, 0.2) is 12.1 Å². The van der Waals surface area contributed by atoms with Gasteiger partial charge in [-0.25, -0.2) is 4.39 Å². The number of anilines is 1. The number of nitrogens with two attached hydrogens (primary N) is 1. The summed E-state index contributed by atoms with van der Waals surface area (Å²) in [7, 11) is 0. The number of hydrogen-bond donors (Lipinski definition) is 2. The van der Waals surface area contributed by atoms with E-state index in [1.807, 2.05) is 0 Å². The molecule has 3 N–H and O–H groups in total. The minimum absolute atomic E-state index is 0.0882. The second-order valence-corrected chi connectivity index (χ2v) is 4.52. The van der Waals surface area contributed by atoms with Crippen molar-refractivity contribution in [1.29, 1.82) is 0 Å². The van der Waals surface area contributed by atoms with Crippen molar-refractivity contribution in [3.05, 3.63) is 33.1 Å². The van der Waals surface area contributed by atoms with Gasteiger partial charge < -0.3 is 11.1 Å². The van der Waals surface area contributed by atoms with Crippen molar-refractivity contribution >= 4 is 23.0 Å². The molecular formula is C10H11ClFN3O2. The third-order valence-corrected chi connectivity index (χ3v) is 3.06. The first kappa shape index (κ1) is 12.1. The van der Waals surface area contributed by atoms with Crippen molar-refractivity contribution in [1.82, 2.24) is 0 Å². The average Bonchev–Trinajstić information content (AvgIpc) is 2.20. The van der Waals surface area contributed by atoms with Crippen molar-refractivity contribution < 1.29 is 9.31 Å². The highest BCUT2D eigenvalue weighted by Gasteiger charge is 2.28. The molecule has 0 aliphatic heterocycles. The lowest BCUT2D eigenvalue weighted by Gasteiger charge is -2.33. The summed E-state index contributed by atoms with van der Waals surface area (Å²) in [6, 6.07) is 2.27. The van der Waals surface area contributed by atoms with Crippen LogP contribution in [0.1, 0.15) is 12.8 Å². The second-order valence-electron chi connectivity index (χ2n) is 4.11. The summed E-state index contributed by atoms with van der Waals surface area (Å²) < 4.78 is 13.1. The number of nitro benzene ring substituents is 1. The molecule has 0 aromatic heterocycles. The van der Waals surface area contributed by atoms with Gasteiger partial charge in [-0.15, -0.1) is 0 Å². The maximum atomic E-state index is 13.1. The van der Waals surface area contributed by atoms with Gasteiger partial charge in [0.15, 0.2) is 0 Å². The number of hydrogen-bond acceptors (Lipinski definition) is 4. The average molecular weight is 260 g/mol. The van der Waals surface area contributed by atoms with Crippen LogP contribution in [0.3, 0.4) is 0 Å². The number of rotatable bonds is 3. The fraction of sp³-hybridized carbons (Fsp3) is 0.400. The summed E-state index contributed by atoms with van der Waals surface area (Å²) in [5.41, 5.74) is 5.54. The Balaban J connectivity index is 2.25. The Bertz CT molecular complexity index is 463. The number of nitrogens with zero attached hydrogens (tertiary/aromatic N) is 1. The Hall–Kier alpha value is -1.40. The van der Waals surface area contributed by atoms with Gasteiger partial charge in [-0.05, 0) is 18.9 Å². The zero-order valence-electron chi connectivity index (χ0n) is 8.82. The lowest BCUT2D eigenvalue weighted by Crippen LogP contribution is -2.44. The van der Waals surface area contributed by atoms with E-state index in [4.69, 9.17) is 17.3 Å². The molecule has 92 valence electrons. The Kier molecular flexibility index (Phi) is 3.17. The largest absolute Gasteiger partial charge is 0.377 e. The molecule has 1 aliphatic carbocycles. The molecule has 0 saturated heterocycles. The summed E-state index contributed by atoms with van der Waals surface area (Å²) in [5.74, 6) is -0.797. The summed E-state index contributed by atoms with van der Waals surface area (Å²) in [6.45, 7) is 0. The van der Waals surface area contributed by atoms with E-state index in [9.17, 15) is 14.5 Å². The molecular weight excluding hydrogens is 249 g/mol. The standard InChI is InChI=1S/C10H11ClFN3O2/c11-7-3-9(14-6-1-5(13)2-6)10(15(16)17)4-8(7)12/h3-6,14H,1-2,13H2. The van der Waals surface area contributed by atoms with Crippen molar-refractivity contribution in [3.8, 4) is 0 Å². The molecule has 1 aliphatic rings. The molecule has 5 nitrogen and oxygen atoms in total. The SMILES string of the molecule is NC1CC(Nc2cc(Cl)c(F)cc2[N+](=O)[O-])C1. The molecule has 1 aromatic rings. The van der Waals surface area contributed by atoms with E-state index in [-0.39, 0.29) is 28.5 Å². The van der Waals surface area contributed by atoms with Gasteiger partial charge in [0.05, 0.1) is 16.0 Å². The van der Waals surface area contributed by atoms with Gasteiger partial charge in [0.1, 0.15) is 11.5 Å². The lowest BCUT2D eigenvalue weighted by molar-refractivity contribution is -0.384. The molecule has 0 heterocycles. The van der Waals surface area contributed by atoms with Crippen LogP contribution in [0.5, 0.6) is 0 Å². The molecule has 1 aromatic carbocycles. The van der Waals surface area contributed by atoms with Crippen LogP contribution in [0, 0.1) is 15.9 Å². The van der Waals surface area contributed by atoms with E-state index in [1.165, 1.54) is 6.07 Å². The van der Waals surface area contributed by atoms with Gasteiger partial charge in [0.25, 0.3) is 5.69 Å². The monoisotopic (exact) mass is 259 g/mol. The fourth-order valence-electron chi connectivity index (χ4n) is 1.80. The minimum Gasteiger partial charge on any atom is -0.377 e. The van der Waals surface area contributed by atoms with E-state index in [2.05, 4.69) is 5.32 Å². The highest BCUT2D eigenvalue weighted by atomic mass is 35.5. The molecule has 0 spiro atoms. The first-order valence-corrected chi connectivity index (χ1v) is 5.50. The van der Waals surface area contributed by atoms with E-state index in [0.717, 1.165) is 18.9 Å². The maximum absolute atomic E-state index is 13.1. The Morgan fingerprint density at radius 2 is 2.18 bits per heavy atom. The number of halogens is 2. The molecule has 2 rings (SSSR count). The summed E-state index contributed by atoms with van der Waals surface area (Å²) >= 11 is 5.60. The van der Waals surface area contributed by atoms with Crippen LogP contribution in [0.4, 0.5) is 15.8 Å². The van der Waals surface area contributed by atoms with Crippen molar-refractivity contribution in [2.24, 2.45) is 5.73 Å². The summed E-state index contributed by atoms with van der Waals surface area (Å²) in [5, 5.41) is 13.6. The van der Waals surface area contributed by atoms with Gasteiger partial charge in [-0.1, -0.05) is 11.6 Å². The molecule has 0 radical (unpaired) electrons. The zero-order valence-corrected chi connectivity index (χ0v) is 9.58. The van der Waals surface area contributed by atoms with E-state index >= 15 is 0 Å². The second kappa shape index (κ2) is 4.46. The summed E-state index contributed by atoms with van der Waals surface area (Å²) in [6.07, 6.45) is 1.48. The van der Waals surface area contributed by atoms with Gasteiger partial charge >= 0.3 is 0 Å². The smallest absolute Gasteiger partial charge is 0.295 e. The first-order chi connectivity index (χ1) is 7.97. The predicted molar refractivity (Wildman–Crippen MR) is 62.7 cm³/mol. The summed E-state index contributed by atoms with van der Waals surface area (Å²) in [4.78, 5) is 10.1. The Morgan fingerprint density at radius 1 is 1.53 bits per heavy atom. The number of nitrogens with one attached hydrogen (secondary N) is 1. The third-order valence-electron chi connectivity index (χ3n) is 2.77. The van der Waals surface area contributed by atoms with Crippen LogP contribution < -0.4 is 11.1 Å². The Morgan fingerprint density at radius 3 is 2.71 bits per heavy atom. The quantitative estimate of drug-likeness (QED) is 0.645. The van der Waals surface area contributed by atoms with Crippen LogP contribution in [0.25, 0.3) is 0 Å². The van der Waals surface area contributed by atoms with E-state index < -0.39 is 10.7 Å².